The third-order valence-corrected chi connectivity index (χ3v) is 3.24. The van der Waals surface area contributed by atoms with Gasteiger partial charge >= 0.3 is 5.97 Å². The highest BCUT2D eigenvalue weighted by molar-refractivity contribution is 5.72. The van der Waals surface area contributed by atoms with Gasteiger partial charge in [0.2, 0.25) is 0 Å². The van der Waals surface area contributed by atoms with Crippen molar-refractivity contribution in [1.82, 2.24) is 5.32 Å². The van der Waals surface area contributed by atoms with Gasteiger partial charge < -0.3 is 14.8 Å². The largest absolute Gasteiger partial charge is 0.469 e. The Morgan fingerprint density at radius 3 is 3.14 bits per heavy atom. The number of esters is 1. The molecule has 0 unspecified atom stereocenters. The predicted octanol–water partition coefficient (Wildman–Crippen LogP) is 0.318. The molecule has 0 aromatic carbocycles. The molecule has 0 aromatic rings. The summed E-state index contributed by atoms with van der Waals surface area (Å²) in [4.78, 5) is 11.3. The van der Waals surface area contributed by atoms with Gasteiger partial charge in [-0.05, 0) is 19.3 Å². The summed E-state index contributed by atoms with van der Waals surface area (Å²) in [6, 6.07) is 0. The van der Waals surface area contributed by atoms with Gasteiger partial charge in [-0.25, -0.2) is 0 Å². The van der Waals surface area contributed by atoms with Crippen LogP contribution in [0.25, 0.3) is 0 Å². The molecular weight excluding hydrogens is 182 g/mol. The Morgan fingerprint density at radius 2 is 2.50 bits per heavy atom. The Labute approximate surface area is 84.0 Å². The molecule has 1 saturated carbocycles. The minimum absolute atomic E-state index is 0.0416. The maximum Gasteiger partial charge on any atom is 0.308 e. The first-order valence-electron chi connectivity index (χ1n) is 5.18. The van der Waals surface area contributed by atoms with Crippen LogP contribution in [-0.2, 0) is 14.3 Å². The number of rotatable bonds is 1. The zero-order valence-corrected chi connectivity index (χ0v) is 8.54. The molecule has 0 aromatic heterocycles. The average Bonchev–Trinajstić information content (AvgIpc) is 2.62. The van der Waals surface area contributed by atoms with Crippen LogP contribution in [0.2, 0.25) is 0 Å². The molecule has 80 valence electrons. The number of hydrogen-bond acceptors (Lipinski definition) is 4. The summed E-state index contributed by atoms with van der Waals surface area (Å²) in [5.74, 6) is -0.0454. The second kappa shape index (κ2) is 3.87. The molecule has 1 spiro atoms. The molecule has 1 heterocycles. The average molecular weight is 199 g/mol. The highest BCUT2D eigenvalue weighted by atomic mass is 16.5. The van der Waals surface area contributed by atoms with Gasteiger partial charge in [-0.3, -0.25) is 4.79 Å². The van der Waals surface area contributed by atoms with E-state index in [0.29, 0.717) is 0 Å². The predicted molar refractivity (Wildman–Crippen MR) is 50.9 cm³/mol. The minimum Gasteiger partial charge on any atom is -0.469 e. The van der Waals surface area contributed by atoms with Gasteiger partial charge in [0.1, 0.15) is 0 Å². The highest BCUT2D eigenvalue weighted by Crippen LogP contribution is 2.38. The van der Waals surface area contributed by atoms with Crippen LogP contribution in [0.5, 0.6) is 0 Å². The Morgan fingerprint density at radius 1 is 1.64 bits per heavy atom. The number of carbonyl (C=O) groups excluding carboxylic acids is 1. The first-order chi connectivity index (χ1) is 6.76. The van der Waals surface area contributed by atoms with Crippen molar-refractivity contribution in [2.75, 3.05) is 26.8 Å². The number of carbonyl (C=O) groups is 1. The van der Waals surface area contributed by atoms with Gasteiger partial charge in [0.05, 0.1) is 25.2 Å². The van der Waals surface area contributed by atoms with E-state index in [-0.39, 0.29) is 17.5 Å². The fraction of sp³-hybridized carbons (Fsp3) is 0.900. The zero-order valence-electron chi connectivity index (χ0n) is 8.54. The van der Waals surface area contributed by atoms with Crippen LogP contribution in [0.4, 0.5) is 0 Å². The number of nitrogens with one attached hydrogen (secondary N) is 1. The van der Waals surface area contributed by atoms with Crippen LogP contribution in [0, 0.1) is 5.92 Å². The highest BCUT2D eigenvalue weighted by Gasteiger charge is 2.44. The lowest BCUT2D eigenvalue weighted by molar-refractivity contribution is -0.146. The molecule has 1 saturated heterocycles. The Balaban J connectivity index is 1.95. The fourth-order valence-electron chi connectivity index (χ4n) is 2.46. The number of methoxy groups -OCH3 is 1. The summed E-state index contributed by atoms with van der Waals surface area (Å²) >= 11 is 0. The van der Waals surface area contributed by atoms with E-state index in [9.17, 15) is 4.79 Å². The second-order valence-electron chi connectivity index (χ2n) is 4.17. The topological polar surface area (TPSA) is 47.6 Å². The monoisotopic (exact) mass is 199 g/mol. The van der Waals surface area contributed by atoms with E-state index in [1.54, 1.807) is 0 Å². The van der Waals surface area contributed by atoms with E-state index in [1.165, 1.54) is 7.11 Å². The van der Waals surface area contributed by atoms with E-state index < -0.39 is 0 Å². The van der Waals surface area contributed by atoms with Crippen molar-refractivity contribution in [2.45, 2.75) is 24.9 Å². The fourth-order valence-corrected chi connectivity index (χ4v) is 2.46. The SMILES string of the molecule is COC(=O)[C@H]1CC[C@]2(CNCCO2)C1. The van der Waals surface area contributed by atoms with E-state index in [2.05, 4.69) is 5.32 Å². The third-order valence-electron chi connectivity index (χ3n) is 3.24. The van der Waals surface area contributed by atoms with E-state index in [0.717, 1.165) is 39.0 Å². The van der Waals surface area contributed by atoms with Crippen LogP contribution in [0.15, 0.2) is 0 Å². The summed E-state index contributed by atoms with van der Waals surface area (Å²) in [5, 5.41) is 3.32. The molecule has 0 radical (unpaired) electrons. The number of ether oxygens (including phenoxy) is 2. The summed E-state index contributed by atoms with van der Waals surface area (Å²) < 4.78 is 10.5. The Bertz CT molecular complexity index is 223. The lowest BCUT2D eigenvalue weighted by atomic mass is 9.99. The van der Waals surface area contributed by atoms with Crippen LogP contribution in [-0.4, -0.2) is 38.4 Å². The summed E-state index contributed by atoms with van der Waals surface area (Å²) in [6.07, 6.45) is 2.68. The molecule has 1 aliphatic carbocycles. The Kier molecular flexibility index (Phi) is 2.74. The lowest BCUT2D eigenvalue weighted by Gasteiger charge is -2.34. The van der Waals surface area contributed by atoms with E-state index in [4.69, 9.17) is 9.47 Å². The summed E-state index contributed by atoms with van der Waals surface area (Å²) in [7, 11) is 1.45. The van der Waals surface area contributed by atoms with E-state index >= 15 is 0 Å². The van der Waals surface area contributed by atoms with Crippen molar-refractivity contribution >= 4 is 5.97 Å². The molecule has 0 bridgehead atoms. The third kappa shape index (κ3) is 1.77. The van der Waals surface area contributed by atoms with Crippen molar-refractivity contribution in [3.05, 3.63) is 0 Å². The molecule has 1 aliphatic heterocycles. The zero-order chi connectivity index (χ0) is 10.0. The Hall–Kier alpha value is -0.610. The van der Waals surface area contributed by atoms with Gasteiger partial charge in [-0.15, -0.1) is 0 Å². The number of hydrogen-bond donors (Lipinski definition) is 1. The van der Waals surface area contributed by atoms with Crippen molar-refractivity contribution in [3.8, 4) is 0 Å². The van der Waals surface area contributed by atoms with Crippen LogP contribution in [0.3, 0.4) is 0 Å². The molecule has 14 heavy (non-hydrogen) atoms. The molecule has 2 rings (SSSR count). The van der Waals surface area contributed by atoms with Gasteiger partial charge in [-0.1, -0.05) is 0 Å². The van der Waals surface area contributed by atoms with Gasteiger partial charge in [0.25, 0.3) is 0 Å². The first kappa shape index (κ1) is 9.93. The maximum atomic E-state index is 11.3. The molecule has 4 heteroatoms. The van der Waals surface area contributed by atoms with Crippen molar-refractivity contribution in [3.63, 3.8) is 0 Å². The molecule has 2 aliphatic rings. The minimum atomic E-state index is -0.0870. The van der Waals surface area contributed by atoms with Gasteiger partial charge in [-0.2, -0.15) is 0 Å². The smallest absolute Gasteiger partial charge is 0.308 e. The van der Waals surface area contributed by atoms with E-state index in [1.807, 2.05) is 0 Å². The molecular formula is C10H17NO3. The van der Waals surface area contributed by atoms with Gasteiger partial charge in [0.15, 0.2) is 0 Å². The second-order valence-corrected chi connectivity index (χ2v) is 4.17. The van der Waals surface area contributed by atoms with Crippen molar-refractivity contribution in [2.24, 2.45) is 5.92 Å². The van der Waals surface area contributed by atoms with Crippen molar-refractivity contribution in [1.29, 1.82) is 0 Å². The molecule has 4 nitrogen and oxygen atoms in total. The van der Waals surface area contributed by atoms with Crippen LogP contribution in [0.1, 0.15) is 19.3 Å². The molecule has 2 atom stereocenters. The number of morpholine rings is 1. The quantitative estimate of drug-likeness (QED) is 0.618. The summed E-state index contributed by atoms with van der Waals surface area (Å²) in [6.45, 7) is 2.55. The standard InChI is InChI=1S/C10H17NO3/c1-13-9(12)8-2-3-10(6-8)7-11-4-5-14-10/h8,11H,2-7H2,1H3/t8-,10+/m0/s1. The maximum absolute atomic E-state index is 11.3. The van der Waals surface area contributed by atoms with Crippen LogP contribution >= 0.6 is 0 Å². The summed E-state index contributed by atoms with van der Waals surface area (Å²) in [5.41, 5.74) is -0.0862. The van der Waals surface area contributed by atoms with Gasteiger partial charge in [0, 0.05) is 13.1 Å². The molecule has 1 N–H and O–H groups in total. The van der Waals surface area contributed by atoms with Crippen molar-refractivity contribution < 1.29 is 14.3 Å². The molecule has 2 fully saturated rings. The lowest BCUT2D eigenvalue weighted by Crippen LogP contribution is -2.48. The first-order valence-corrected chi connectivity index (χ1v) is 5.18. The molecule has 0 amide bonds. The van der Waals surface area contributed by atoms with Crippen LogP contribution < -0.4 is 5.32 Å². The normalized spacial score (nSPS) is 37.4.